The lowest BCUT2D eigenvalue weighted by molar-refractivity contribution is -0.142. The second kappa shape index (κ2) is 8.49. The van der Waals surface area contributed by atoms with Crippen molar-refractivity contribution in [2.75, 3.05) is 26.8 Å². The maximum absolute atomic E-state index is 15.2. The van der Waals surface area contributed by atoms with Gasteiger partial charge in [-0.2, -0.15) is 0 Å². The molecule has 2 heterocycles. The Balaban J connectivity index is 1.29. The molecule has 2 aromatic carbocycles. The summed E-state index contributed by atoms with van der Waals surface area (Å²) >= 11 is 0. The molecule has 32 heavy (non-hydrogen) atoms. The Kier molecular flexibility index (Phi) is 5.68. The molecule has 1 aliphatic carbocycles. The summed E-state index contributed by atoms with van der Waals surface area (Å²) in [5, 5.41) is 9.46. The number of likely N-dealkylation sites (tertiary alicyclic amines) is 1. The van der Waals surface area contributed by atoms with Crippen LogP contribution in [0.1, 0.15) is 49.1 Å². The number of amides is 1. The zero-order valence-corrected chi connectivity index (χ0v) is 18.5. The standard InChI is InChI=1S/C26H30FNO4/c1-31-23-7-4-17(16-29)13-20(23)18-5-6-19(22(27)14-18)21-15-26(21)8-10-28(11-9-26)25(30)24-3-2-12-32-24/h4-7,13-14,21,24,29H,2-3,8-12,15-16H2,1H3/t21-,24-/m1/s1. The van der Waals surface area contributed by atoms with Crippen LogP contribution in [0.25, 0.3) is 11.1 Å². The minimum Gasteiger partial charge on any atom is -0.496 e. The molecule has 1 N–H and O–H groups in total. The molecule has 1 spiro atoms. The molecule has 1 amide bonds. The number of aliphatic hydroxyl groups excluding tert-OH is 1. The third-order valence-electron chi connectivity index (χ3n) is 7.60. The first-order chi connectivity index (χ1) is 15.5. The van der Waals surface area contributed by atoms with Crippen LogP contribution in [0, 0.1) is 11.2 Å². The van der Waals surface area contributed by atoms with Crippen LogP contribution < -0.4 is 4.74 Å². The van der Waals surface area contributed by atoms with Gasteiger partial charge in [-0.15, -0.1) is 0 Å². The lowest BCUT2D eigenvalue weighted by atomic mass is 9.88. The largest absolute Gasteiger partial charge is 0.496 e. The van der Waals surface area contributed by atoms with Crippen LogP contribution in [0.3, 0.4) is 0 Å². The van der Waals surface area contributed by atoms with Crippen LogP contribution in [0.15, 0.2) is 36.4 Å². The molecule has 2 aromatic rings. The molecule has 0 bridgehead atoms. The number of hydrogen-bond donors (Lipinski definition) is 1. The van der Waals surface area contributed by atoms with Crippen molar-refractivity contribution in [3.63, 3.8) is 0 Å². The highest BCUT2D eigenvalue weighted by Gasteiger charge is 2.56. The van der Waals surface area contributed by atoms with E-state index >= 15 is 4.39 Å². The molecular weight excluding hydrogens is 409 g/mol. The summed E-state index contributed by atoms with van der Waals surface area (Å²) in [5.41, 5.74) is 3.16. The van der Waals surface area contributed by atoms with Crippen molar-refractivity contribution in [1.29, 1.82) is 0 Å². The van der Waals surface area contributed by atoms with Crippen molar-refractivity contribution >= 4 is 5.91 Å². The van der Waals surface area contributed by atoms with Crippen LogP contribution in [-0.2, 0) is 16.1 Å². The van der Waals surface area contributed by atoms with Crippen molar-refractivity contribution in [2.45, 2.75) is 50.7 Å². The summed E-state index contributed by atoms with van der Waals surface area (Å²) in [6, 6.07) is 10.9. The molecule has 2 saturated heterocycles. The van der Waals surface area contributed by atoms with Crippen LogP contribution in [-0.4, -0.2) is 48.8 Å². The Hall–Kier alpha value is -2.44. The van der Waals surface area contributed by atoms with Crippen LogP contribution in [0.5, 0.6) is 5.75 Å². The Morgan fingerprint density at radius 3 is 2.72 bits per heavy atom. The summed E-state index contributed by atoms with van der Waals surface area (Å²) in [6.45, 7) is 2.08. The Labute approximate surface area is 188 Å². The van der Waals surface area contributed by atoms with Crippen molar-refractivity contribution in [3.8, 4) is 16.9 Å². The number of piperidine rings is 1. The molecule has 1 saturated carbocycles. The fourth-order valence-corrected chi connectivity index (χ4v) is 5.54. The zero-order chi connectivity index (χ0) is 22.3. The zero-order valence-electron chi connectivity index (χ0n) is 18.5. The van der Waals surface area contributed by atoms with E-state index in [0.29, 0.717) is 12.4 Å². The third kappa shape index (κ3) is 3.80. The number of carbonyl (C=O) groups is 1. The number of methoxy groups -OCH3 is 1. The van der Waals surface area contributed by atoms with E-state index in [9.17, 15) is 9.90 Å². The van der Waals surface area contributed by atoms with Gasteiger partial charge in [-0.05, 0) is 78.3 Å². The van der Waals surface area contributed by atoms with Gasteiger partial charge < -0.3 is 19.5 Å². The van der Waals surface area contributed by atoms with E-state index < -0.39 is 0 Å². The first-order valence-electron chi connectivity index (χ1n) is 11.5. The molecule has 2 aliphatic heterocycles. The molecule has 5 nitrogen and oxygen atoms in total. The maximum Gasteiger partial charge on any atom is 0.251 e. The molecule has 3 fully saturated rings. The third-order valence-corrected chi connectivity index (χ3v) is 7.60. The first-order valence-corrected chi connectivity index (χ1v) is 11.5. The SMILES string of the molecule is COc1ccc(CO)cc1-c1ccc([C@H]2CC23CCN(C(=O)[C@H]2CCCO2)CC3)c(F)c1. The quantitative estimate of drug-likeness (QED) is 0.756. The number of benzene rings is 2. The van der Waals surface area contributed by atoms with Gasteiger partial charge in [-0.1, -0.05) is 18.2 Å². The fraction of sp³-hybridized carbons (Fsp3) is 0.500. The van der Waals surface area contributed by atoms with Gasteiger partial charge in [-0.3, -0.25) is 4.79 Å². The molecule has 170 valence electrons. The van der Waals surface area contributed by atoms with Crippen molar-refractivity contribution < 1.29 is 23.8 Å². The predicted octanol–water partition coefficient (Wildman–Crippen LogP) is 4.27. The Morgan fingerprint density at radius 1 is 1.25 bits per heavy atom. The molecule has 0 radical (unpaired) electrons. The van der Waals surface area contributed by atoms with Crippen LogP contribution in [0.2, 0.25) is 0 Å². The minimum atomic E-state index is -0.259. The van der Waals surface area contributed by atoms with Gasteiger partial charge in [0.1, 0.15) is 17.7 Å². The van der Waals surface area contributed by atoms with E-state index in [1.54, 1.807) is 25.3 Å². The summed E-state index contributed by atoms with van der Waals surface area (Å²) < 4.78 is 26.2. The highest BCUT2D eigenvalue weighted by atomic mass is 19.1. The van der Waals surface area contributed by atoms with Crippen molar-refractivity contribution in [3.05, 3.63) is 53.3 Å². The average molecular weight is 440 g/mol. The number of aliphatic hydroxyl groups is 1. The normalized spacial score (nSPS) is 24.0. The van der Waals surface area contributed by atoms with E-state index in [4.69, 9.17) is 9.47 Å². The van der Waals surface area contributed by atoms with Gasteiger partial charge in [0.2, 0.25) is 0 Å². The molecule has 5 rings (SSSR count). The highest BCUT2D eigenvalue weighted by Crippen LogP contribution is 2.65. The minimum absolute atomic E-state index is 0.0749. The summed E-state index contributed by atoms with van der Waals surface area (Å²) in [7, 11) is 1.59. The smallest absolute Gasteiger partial charge is 0.251 e. The van der Waals surface area contributed by atoms with Gasteiger partial charge >= 0.3 is 0 Å². The van der Waals surface area contributed by atoms with E-state index in [2.05, 4.69) is 0 Å². The lowest BCUT2D eigenvalue weighted by Crippen LogP contribution is -2.44. The van der Waals surface area contributed by atoms with Gasteiger partial charge in [0.25, 0.3) is 5.91 Å². The highest BCUT2D eigenvalue weighted by molar-refractivity contribution is 5.81. The second-order valence-electron chi connectivity index (χ2n) is 9.38. The van der Waals surface area contributed by atoms with E-state index in [1.165, 1.54) is 0 Å². The number of nitrogens with zero attached hydrogens (tertiary/aromatic N) is 1. The monoisotopic (exact) mass is 439 g/mol. The van der Waals surface area contributed by atoms with Crippen molar-refractivity contribution in [1.82, 2.24) is 4.90 Å². The number of halogens is 1. The van der Waals surface area contributed by atoms with Crippen LogP contribution in [0.4, 0.5) is 4.39 Å². The summed E-state index contributed by atoms with van der Waals surface area (Å²) in [5.74, 6) is 0.797. The first kappa shape index (κ1) is 21.4. The Morgan fingerprint density at radius 2 is 2.06 bits per heavy atom. The van der Waals surface area contributed by atoms with Gasteiger partial charge in [0, 0.05) is 25.3 Å². The topological polar surface area (TPSA) is 59.0 Å². The maximum atomic E-state index is 15.2. The summed E-state index contributed by atoms with van der Waals surface area (Å²) in [4.78, 5) is 14.6. The number of rotatable bonds is 5. The summed E-state index contributed by atoms with van der Waals surface area (Å²) in [6.07, 6.45) is 4.35. The molecule has 0 unspecified atom stereocenters. The number of carbonyl (C=O) groups excluding carboxylic acids is 1. The van der Waals surface area contributed by atoms with E-state index in [0.717, 1.165) is 67.4 Å². The van der Waals surface area contributed by atoms with E-state index in [1.807, 2.05) is 23.1 Å². The molecule has 2 atom stereocenters. The lowest BCUT2D eigenvalue weighted by Gasteiger charge is -2.34. The average Bonchev–Trinajstić information content (AvgIpc) is 3.23. The van der Waals surface area contributed by atoms with E-state index in [-0.39, 0.29) is 35.8 Å². The molecule has 6 heteroatoms. The van der Waals surface area contributed by atoms with Crippen molar-refractivity contribution in [2.24, 2.45) is 5.41 Å². The van der Waals surface area contributed by atoms with Gasteiger partial charge in [0.15, 0.2) is 0 Å². The van der Waals surface area contributed by atoms with Gasteiger partial charge in [0.05, 0.1) is 13.7 Å². The van der Waals surface area contributed by atoms with Gasteiger partial charge in [-0.25, -0.2) is 4.39 Å². The van der Waals surface area contributed by atoms with Crippen LogP contribution >= 0.6 is 0 Å². The molecular formula is C26H30FNO4. The molecule has 0 aromatic heterocycles. The fourth-order valence-electron chi connectivity index (χ4n) is 5.54. The predicted molar refractivity (Wildman–Crippen MR) is 119 cm³/mol. The second-order valence-corrected chi connectivity index (χ2v) is 9.38. The molecule has 3 aliphatic rings. The number of hydrogen-bond acceptors (Lipinski definition) is 4. The Bertz CT molecular complexity index is 1010. The number of ether oxygens (including phenoxy) is 2.